The number of carbonyl (C=O) groups is 1. The van der Waals surface area contributed by atoms with Crippen LogP contribution in [0.5, 0.6) is 0 Å². The first kappa shape index (κ1) is 15.3. The first-order chi connectivity index (χ1) is 10.1. The van der Waals surface area contributed by atoms with Crippen LogP contribution in [0.2, 0.25) is 0 Å². The van der Waals surface area contributed by atoms with Crippen LogP contribution in [-0.4, -0.2) is 13.0 Å². The van der Waals surface area contributed by atoms with Crippen LogP contribution in [-0.2, 0) is 17.9 Å². The molecule has 0 atom stereocenters. The molecule has 1 amide bonds. The van der Waals surface area contributed by atoms with Crippen LogP contribution in [0, 0.1) is 13.8 Å². The van der Waals surface area contributed by atoms with E-state index in [2.05, 4.69) is 11.4 Å². The molecule has 21 heavy (non-hydrogen) atoms. The second kappa shape index (κ2) is 7.04. The van der Waals surface area contributed by atoms with Crippen molar-refractivity contribution < 1.29 is 9.53 Å². The Balaban J connectivity index is 2.07. The summed E-state index contributed by atoms with van der Waals surface area (Å²) in [6, 6.07) is 13.8. The molecule has 0 bridgehead atoms. The molecule has 0 aliphatic carbocycles. The number of hydrogen-bond donors (Lipinski definition) is 1. The SMILES string of the molecule is COCc1ccccc1CNC(=O)c1cc(C)cc(C)c1. The van der Waals surface area contributed by atoms with Crippen LogP contribution in [0.4, 0.5) is 0 Å². The average Bonchev–Trinajstić information content (AvgIpc) is 2.45. The van der Waals surface area contributed by atoms with E-state index in [1.165, 1.54) is 0 Å². The molecule has 3 heteroatoms. The third-order valence-electron chi connectivity index (χ3n) is 3.34. The van der Waals surface area contributed by atoms with Gasteiger partial charge < -0.3 is 10.1 Å². The standard InChI is InChI=1S/C18H21NO2/c1-13-8-14(2)10-17(9-13)18(20)19-11-15-6-4-5-7-16(15)12-21-3/h4-10H,11-12H2,1-3H3,(H,19,20). The second-order valence-electron chi connectivity index (χ2n) is 5.26. The second-order valence-corrected chi connectivity index (χ2v) is 5.26. The van der Waals surface area contributed by atoms with Gasteiger partial charge >= 0.3 is 0 Å². The van der Waals surface area contributed by atoms with E-state index in [0.717, 1.165) is 22.3 Å². The number of aryl methyl sites for hydroxylation is 2. The zero-order valence-electron chi connectivity index (χ0n) is 12.8. The van der Waals surface area contributed by atoms with Gasteiger partial charge in [-0.25, -0.2) is 0 Å². The van der Waals surface area contributed by atoms with Crippen molar-refractivity contribution >= 4 is 5.91 Å². The molecule has 0 unspecified atom stereocenters. The van der Waals surface area contributed by atoms with Gasteiger partial charge in [-0.1, -0.05) is 41.5 Å². The Hall–Kier alpha value is -2.13. The molecular formula is C18H21NO2. The van der Waals surface area contributed by atoms with Gasteiger partial charge in [-0.2, -0.15) is 0 Å². The number of amides is 1. The van der Waals surface area contributed by atoms with E-state index in [-0.39, 0.29) is 5.91 Å². The molecule has 0 aliphatic heterocycles. The highest BCUT2D eigenvalue weighted by atomic mass is 16.5. The van der Waals surface area contributed by atoms with Gasteiger partial charge in [0.25, 0.3) is 5.91 Å². The van der Waals surface area contributed by atoms with Crippen molar-refractivity contribution in [2.75, 3.05) is 7.11 Å². The Morgan fingerprint density at radius 2 is 1.67 bits per heavy atom. The summed E-state index contributed by atoms with van der Waals surface area (Å²) in [7, 11) is 1.67. The van der Waals surface area contributed by atoms with E-state index in [9.17, 15) is 4.79 Å². The zero-order valence-corrected chi connectivity index (χ0v) is 12.8. The van der Waals surface area contributed by atoms with Crippen molar-refractivity contribution in [3.63, 3.8) is 0 Å². The van der Waals surface area contributed by atoms with E-state index in [4.69, 9.17) is 4.74 Å². The molecular weight excluding hydrogens is 262 g/mol. The van der Waals surface area contributed by atoms with E-state index < -0.39 is 0 Å². The number of hydrogen-bond acceptors (Lipinski definition) is 2. The van der Waals surface area contributed by atoms with Crippen molar-refractivity contribution in [2.24, 2.45) is 0 Å². The molecule has 0 saturated heterocycles. The van der Waals surface area contributed by atoms with Gasteiger partial charge in [-0.05, 0) is 37.1 Å². The van der Waals surface area contributed by atoms with E-state index in [1.807, 2.05) is 50.2 Å². The fraction of sp³-hybridized carbons (Fsp3) is 0.278. The minimum Gasteiger partial charge on any atom is -0.380 e. The molecule has 0 saturated carbocycles. The zero-order chi connectivity index (χ0) is 15.2. The van der Waals surface area contributed by atoms with Gasteiger partial charge in [0.2, 0.25) is 0 Å². The maximum Gasteiger partial charge on any atom is 0.251 e. The maximum absolute atomic E-state index is 12.2. The summed E-state index contributed by atoms with van der Waals surface area (Å²) in [5.74, 6) is -0.0472. The highest BCUT2D eigenvalue weighted by Crippen LogP contribution is 2.11. The van der Waals surface area contributed by atoms with Crippen molar-refractivity contribution in [3.05, 3.63) is 70.3 Å². The summed E-state index contributed by atoms with van der Waals surface area (Å²) in [4.78, 5) is 12.2. The van der Waals surface area contributed by atoms with Crippen LogP contribution in [0.1, 0.15) is 32.6 Å². The summed E-state index contributed by atoms with van der Waals surface area (Å²) < 4.78 is 5.18. The van der Waals surface area contributed by atoms with Crippen LogP contribution >= 0.6 is 0 Å². The Kier molecular flexibility index (Phi) is 5.12. The molecule has 0 aromatic heterocycles. The van der Waals surface area contributed by atoms with E-state index >= 15 is 0 Å². The van der Waals surface area contributed by atoms with Crippen molar-refractivity contribution in [3.8, 4) is 0 Å². The fourth-order valence-corrected chi connectivity index (χ4v) is 2.41. The predicted octanol–water partition coefficient (Wildman–Crippen LogP) is 3.38. The number of benzene rings is 2. The molecule has 0 fully saturated rings. The molecule has 0 radical (unpaired) electrons. The van der Waals surface area contributed by atoms with Crippen molar-refractivity contribution in [1.29, 1.82) is 0 Å². The van der Waals surface area contributed by atoms with E-state index in [0.29, 0.717) is 18.7 Å². The molecule has 110 valence electrons. The molecule has 0 heterocycles. The van der Waals surface area contributed by atoms with Gasteiger partial charge in [0.1, 0.15) is 0 Å². The highest BCUT2D eigenvalue weighted by molar-refractivity contribution is 5.94. The quantitative estimate of drug-likeness (QED) is 0.913. The molecule has 2 aromatic carbocycles. The number of rotatable bonds is 5. The Labute approximate surface area is 126 Å². The Morgan fingerprint density at radius 3 is 2.29 bits per heavy atom. The molecule has 3 nitrogen and oxygen atoms in total. The van der Waals surface area contributed by atoms with Crippen LogP contribution < -0.4 is 5.32 Å². The topological polar surface area (TPSA) is 38.3 Å². The highest BCUT2D eigenvalue weighted by Gasteiger charge is 2.08. The lowest BCUT2D eigenvalue weighted by Crippen LogP contribution is -2.23. The number of ether oxygens (including phenoxy) is 1. The first-order valence-electron chi connectivity index (χ1n) is 7.02. The van der Waals surface area contributed by atoms with Crippen molar-refractivity contribution in [2.45, 2.75) is 27.0 Å². The number of carbonyl (C=O) groups excluding carboxylic acids is 1. The summed E-state index contributed by atoms with van der Waals surface area (Å²) in [6.45, 7) is 5.05. The van der Waals surface area contributed by atoms with Crippen LogP contribution in [0.3, 0.4) is 0 Å². The van der Waals surface area contributed by atoms with Gasteiger partial charge in [-0.3, -0.25) is 4.79 Å². The minimum atomic E-state index is -0.0472. The maximum atomic E-state index is 12.2. The molecule has 2 aromatic rings. The summed E-state index contributed by atoms with van der Waals surface area (Å²) >= 11 is 0. The Bertz CT molecular complexity index is 615. The lowest BCUT2D eigenvalue weighted by atomic mass is 10.1. The lowest BCUT2D eigenvalue weighted by molar-refractivity contribution is 0.0950. The summed E-state index contributed by atoms with van der Waals surface area (Å²) in [5.41, 5.74) is 5.08. The third kappa shape index (κ3) is 4.17. The monoisotopic (exact) mass is 283 g/mol. The number of methoxy groups -OCH3 is 1. The summed E-state index contributed by atoms with van der Waals surface area (Å²) in [5, 5.41) is 2.97. The third-order valence-corrected chi connectivity index (χ3v) is 3.34. The smallest absolute Gasteiger partial charge is 0.251 e. The fourth-order valence-electron chi connectivity index (χ4n) is 2.41. The molecule has 0 aliphatic rings. The molecule has 0 spiro atoms. The molecule has 1 N–H and O–H groups in total. The first-order valence-corrected chi connectivity index (χ1v) is 7.02. The van der Waals surface area contributed by atoms with Crippen LogP contribution in [0.15, 0.2) is 42.5 Å². The molecule has 2 rings (SSSR count). The normalized spacial score (nSPS) is 10.4. The number of nitrogens with one attached hydrogen (secondary N) is 1. The lowest BCUT2D eigenvalue weighted by Gasteiger charge is -2.11. The predicted molar refractivity (Wildman–Crippen MR) is 84.2 cm³/mol. The minimum absolute atomic E-state index is 0.0472. The van der Waals surface area contributed by atoms with Gasteiger partial charge in [0.15, 0.2) is 0 Å². The van der Waals surface area contributed by atoms with Gasteiger partial charge in [0.05, 0.1) is 6.61 Å². The van der Waals surface area contributed by atoms with Gasteiger partial charge in [-0.15, -0.1) is 0 Å². The van der Waals surface area contributed by atoms with Crippen LogP contribution in [0.25, 0.3) is 0 Å². The average molecular weight is 283 g/mol. The van der Waals surface area contributed by atoms with E-state index in [1.54, 1.807) is 7.11 Å². The Morgan fingerprint density at radius 1 is 1.05 bits per heavy atom. The largest absolute Gasteiger partial charge is 0.380 e. The van der Waals surface area contributed by atoms with Gasteiger partial charge in [0, 0.05) is 19.2 Å². The van der Waals surface area contributed by atoms with Crippen molar-refractivity contribution in [1.82, 2.24) is 5.32 Å². The summed E-state index contributed by atoms with van der Waals surface area (Å²) in [6.07, 6.45) is 0.